The van der Waals surface area contributed by atoms with Gasteiger partial charge in [-0.15, -0.1) is 0 Å². The lowest BCUT2D eigenvalue weighted by molar-refractivity contribution is -0.143. The summed E-state index contributed by atoms with van der Waals surface area (Å²) in [6.07, 6.45) is -10.1. The maximum Gasteiger partial charge on any atom is 0.416 e. The van der Waals surface area contributed by atoms with E-state index in [0.717, 1.165) is 0 Å². The predicted octanol–water partition coefficient (Wildman–Crippen LogP) is 7.34. The number of aromatic nitrogens is 2. The summed E-state index contributed by atoms with van der Waals surface area (Å²) in [5.74, 6) is -1.46. The number of hydrogen-bond donors (Lipinski definition) is 2. The molecule has 0 radical (unpaired) electrons. The molecular formula is C25H13F6N3OS. The minimum Gasteiger partial charge on any atom is -0.338 e. The Morgan fingerprint density at radius 3 is 2.17 bits per heavy atom. The number of fused-ring (bicyclic) bond motifs is 3. The van der Waals surface area contributed by atoms with Gasteiger partial charge in [0, 0.05) is 39.1 Å². The first-order valence-electron chi connectivity index (χ1n) is 10.6. The van der Waals surface area contributed by atoms with Gasteiger partial charge in [-0.2, -0.15) is 42.8 Å². The molecule has 3 heterocycles. The van der Waals surface area contributed by atoms with E-state index in [1.54, 1.807) is 41.1 Å². The molecule has 6 rings (SSSR count). The van der Waals surface area contributed by atoms with Gasteiger partial charge in [0.15, 0.2) is 11.6 Å². The zero-order valence-electron chi connectivity index (χ0n) is 17.9. The molecule has 2 aliphatic rings. The van der Waals surface area contributed by atoms with Crippen LogP contribution in [-0.2, 0) is 12.4 Å². The van der Waals surface area contributed by atoms with Crippen molar-refractivity contribution in [1.29, 1.82) is 0 Å². The van der Waals surface area contributed by atoms with Gasteiger partial charge in [0.05, 0.1) is 22.5 Å². The van der Waals surface area contributed by atoms with E-state index < -0.39 is 35.2 Å². The highest BCUT2D eigenvalue weighted by Crippen LogP contribution is 2.52. The topological polar surface area (TPSA) is 57.8 Å². The molecule has 1 aliphatic heterocycles. The minimum absolute atomic E-state index is 0.0778. The number of rotatable bonds is 2. The summed E-state index contributed by atoms with van der Waals surface area (Å²) in [5, 5.41) is 13.8. The average Bonchev–Trinajstić information content (AvgIpc) is 3.56. The van der Waals surface area contributed by atoms with Gasteiger partial charge in [-0.25, -0.2) is 0 Å². The smallest absolute Gasteiger partial charge is 0.338 e. The molecule has 0 bridgehead atoms. The van der Waals surface area contributed by atoms with Gasteiger partial charge in [0.1, 0.15) is 0 Å². The zero-order chi connectivity index (χ0) is 25.4. The summed E-state index contributed by atoms with van der Waals surface area (Å²) in [6.45, 7) is 0. The molecule has 182 valence electrons. The number of alkyl halides is 6. The Hall–Kier alpha value is -3.86. The predicted molar refractivity (Wildman–Crippen MR) is 122 cm³/mol. The summed E-state index contributed by atoms with van der Waals surface area (Å²) in [6, 6.07) is 9.78. The van der Waals surface area contributed by atoms with E-state index >= 15 is 0 Å². The molecule has 0 saturated carbocycles. The highest BCUT2D eigenvalue weighted by Gasteiger charge is 2.44. The van der Waals surface area contributed by atoms with Gasteiger partial charge in [0.25, 0.3) is 0 Å². The van der Waals surface area contributed by atoms with E-state index in [4.69, 9.17) is 0 Å². The quantitative estimate of drug-likeness (QED) is 0.274. The maximum absolute atomic E-state index is 13.7. The summed E-state index contributed by atoms with van der Waals surface area (Å²) < 4.78 is 82.4. The van der Waals surface area contributed by atoms with E-state index in [1.807, 2.05) is 0 Å². The van der Waals surface area contributed by atoms with Crippen LogP contribution < -0.4 is 5.32 Å². The fourth-order valence-corrected chi connectivity index (χ4v) is 5.46. The summed E-state index contributed by atoms with van der Waals surface area (Å²) in [5.41, 5.74) is -0.606. The average molecular weight is 517 g/mol. The lowest BCUT2D eigenvalue weighted by Gasteiger charge is -2.27. The molecule has 0 fully saturated rings. The molecule has 0 saturated heterocycles. The summed E-state index contributed by atoms with van der Waals surface area (Å²) >= 11 is 1.36. The van der Waals surface area contributed by atoms with E-state index in [-0.39, 0.29) is 23.0 Å². The fraction of sp³-hybridized carbons (Fsp3) is 0.120. The Labute approximate surface area is 203 Å². The van der Waals surface area contributed by atoms with Crippen LogP contribution in [0.2, 0.25) is 0 Å². The van der Waals surface area contributed by atoms with Crippen LogP contribution in [-0.4, -0.2) is 16.0 Å². The first kappa shape index (κ1) is 22.6. The number of carbonyl (C=O) groups excluding carboxylic acids is 1. The number of nitrogens with zero attached hydrogens (tertiary/aromatic N) is 1. The monoisotopic (exact) mass is 517 g/mol. The highest BCUT2D eigenvalue weighted by molar-refractivity contribution is 7.08. The lowest BCUT2D eigenvalue weighted by atomic mass is 9.79. The van der Waals surface area contributed by atoms with Gasteiger partial charge in [0.2, 0.25) is 0 Å². The Bertz CT molecular complexity index is 1530. The maximum atomic E-state index is 13.7. The number of hydrogen-bond acceptors (Lipinski definition) is 4. The van der Waals surface area contributed by atoms with Crippen LogP contribution >= 0.6 is 11.3 Å². The lowest BCUT2D eigenvalue weighted by Crippen LogP contribution is -2.20. The third-order valence-electron chi connectivity index (χ3n) is 6.33. The molecule has 36 heavy (non-hydrogen) atoms. The number of allylic oxidation sites excluding steroid dienone is 1. The Kier molecular flexibility index (Phi) is 4.75. The number of thiophene rings is 1. The molecule has 4 aromatic rings. The molecule has 0 spiro atoms. The minimum atomic E-state index is -5.03. The van der Waals surface area contributed by atoms with Gasteiger partial charge >= 0.3 is 12.4 Å². The van der Waals surface area contributed by atoms with Crippen LogP contribution in [0.4, 0.5) is 32.2 Å². The van der Waals surface area contributed by atoms with Crippen molar-refractivity contribution in [3.05, 3.63) is 98.2 Å². The second-order valence-electron chi connectivity index (χ2n) is 8.43. The van der Waals surface area contributed by atoms with E-state index in [1.165, 1.54) is 11.3 Å². The van der Waals surface area contributed by atoms with E-state index in [2.05, 4.69) is 15.5 Å². The molecule has 2 aromatic heterocycles. The molecule has 2 aromatic carbocycles. The van der Waals surface area contributed by atoms with Crippen molar-refractivity contribution in [2.75, 3.05) is 5.32 Å². The van der Waals surface area contributed by atoms with Crippen molar-refractivity contribution in [2.45, 2.75) is 18.3 Å². The van der Waals surface area contributed by atoms with Crippen LogP contribution in [0.1, 0.15) is 44.1 Å². The number of halogens is 6. The molecule has 11 heteroatoms. The second kappa shape index (κ2) is 7.57. The number of aromatic amines is 1. The van der Waals surface area contributed by atoms with Crippen molar-refractivity contribution in [2.24, 2.45) is 0 Å². The van der Waals surface area contributed by atoms with Crippen molar-refractivity contribution in [3.8, 4) is 11.3 Å². The van der Waals surface area contributed by atoms with Gasteiger partial charge in [-0.1, -0.05) is 24.3 Å². The van der Waals surface area contributed by atoms with E-state index in [0.29, 0.717) is 45.8 Å². The second-order valence-corrected chi connectivity index (χ2v) is 9.21. The highest BCUT2D eigenvalue weighted by atomic mass is 32.1. The van der Waals surface area contributed by atoms with Crippen LogP contribution in [0.15, 0.2) is 64.9 Å². The van der Waals surface area contributed by atoms with Gasteiger partial charge < -0.3 is 5.32 Å². The van der Waals surface area contributed by atoms with Crippen LogP contribution in [0, 0.1) is 0 Å². The third-order valence-corrected chi connectivity index (χ3v) is 7.02. The standard InChI is InChI=1S/C25H13F6N3OS/c26-24(27,28)13-7-12(8-14(9-13)25(29,30)31)17-18-21(15-3-1-2-4-16(15)22(18)35)32-23-19(17)20(33-34-23)11-5-6-36-10-11/h1-10,17H,(H2,32,33,34). The summed E-state index contributed by atoms with van der Waals surface area (Å²) in [4.78, 5) is 13.5. The number of benzene rings is 2. The van der Waals surface area contributed by atoms with Crippen molar-refractivity contribution in [1.82, 2.24) is 10.2 Å². The van der Waals surface area contributed by atoms with Crippen LogP contribution in [0.5, 0.6) is 0 Å². The molecular weight excluding hydrogens is 504 g/mol. The molecule has 2 N–H and O–H groups in total. The number of H-pyrrole nitrogens is 1. The third kappa shape index (κ3) is 3.37. The largest absolute Gasteiger partial charge is 0.416 e. The van der Waals surface area contributed by atoms with Crippen molar-refractivity contribution in [3.63, 3.8) is 0 Å². The SMILES string of the molecule is O=C1C2=C(Nc3n[nH]c(-c4ccsc4)c3C2c2cc(C(F)(F)F)cc(C(F)(F)F)c2)c2ccccc21. The Morgan fingerprint density at radius 1 is 0.889 bits per heavy atom. The number of ketones is 1. The molecule has 1 atom stereocenters. The molecule has 0 amide bonds. The molecule has 1 aliphatic carbocycles. The number of anilines is 1. The van der Waals surface area contributed by atoms with Crippen LogP contribution in [0.3, 0.4) is 0 Å². The zero-order valence-corrected chi connectivity index (χ0v) is 18.7. The Morgan fingerprint density at radius 2 is 1.56 bits per heavy atom. The van der Waals surface area contributed by atoms with E-state index in [9.17, 15) is 31.1 Å². The van der Waals surface area contributed by atoms with Gasteiger partial charge in [-0.05, 0) is 35.2 Å². The molecule has 4 nitrogen and oxygen atoms in total. The number of nitrogens with one attached hydrogen (secondary N) is 2. The normalized spacial score (nSPS) is 17.1. The number of Topliss-reactive ketones (excluding diaryl/α,β-unsaturated/α-hetero) is 1. The first-order valence-corrected chi connectivity index (χ1v) is 11.5. The van der Waals surface area contributed by atoms with Crippen LogP contribution in [0.25, 0.3) is 17.0 Å². The van der Waals surface area contributed by atoms with Crippen molar-refractivity contribution >= 4 is 28.6 Å². The Balaban J connectivity index is 1.66. The van der Waals surface area contributed by atoms with Crippen molar-refractivity contribution < 1.29 is 31.1 Å². The van der Waals surface area contributed by atoms with Gasteiger partial charge in [-0.3, -0.25) is 9.89 Å². The fourth-order valence-electron chi connectivity index (χ4n) is 4.81. The first-order chi connectivity index (χ1) is 17.0. The number of carbonyl (C=O) groups is 1. The molecule has 1 unspecified atom stereocenters. The summed E-state index contributed by atoms with van der Waals surface area (Å²) in [7, 11) is 0.